The van der Waals surface area contributed by atoms with Gasteiger partial charge in [0.15, 0.2) is 11.0 Å². The number of nitrogens with zero attached hydrogens (tertiary/aromatic N) is 6. The molecule has 0 amide bonds. The van der Waals surface area contributed by atoms with Gasteiger partial charge in [0, 0.05) is 24.7 Å². The molecule has 0 aliphatic carbocycles. The number of aromatic nitrogens is 5. The first-order valence-corrected chi connectivity index (χ1v) is 14.0. The van der Waals surface area contributed by atoms with Gasteiger partial charge in [0.2, 0.25) is 20.0 Å². The molecular formula is C19H21N9O4S3. The molecule has 0 saturated carbocycles. The van der Waals surface area contributed by atoms with Crippen molar-refractivity contribution in [1.29, 1.82) is 0 Å². The number of nitrogens with two attached hydrogens (primary N) is 2. The van der Waals surface area contributed by atoms with E-state index in [1.165, 1.54) is 27.8 Å². The molecule has 0 unspecified atom stereocenters. The number of hydrogen-bond donors (Lipinski definition) is 3. The van der Waals surface area contributed by atoms with Crippen LogP contribution in [0.1, 0.15) is 0 Å². The van der Waals surface area contributed by atoms with Crippen LogP contribution in [-0.4, -0.2) is 84.9 Å². The molecule has 3 heterocycles. The van der Waals surface area contributed by atoms with Crippen molar-refractivity contribution in [1.82, 2.24) is 34.8 Å². The minimum absolute atomic E-state index is 0.0210. The lowest BCUT2D eigenvalue weighted by Gasteiger charge is -2.41. The van der Waals surface area contributed by atoms with Gasteiger partial charge in [-0.25, -0.2) is 32.1 Å². The summed E-state index contributed by atoms with van der Waals surface area (Å²) in [4.78, 5) is 5.24. The molecule has 0 bridgehead atoms. The first-order chi connectivity index (χ1) is 16.5. The zero-order chi connectivity index (χ0) is 25.1. The second-order valence-corrected chi connectivity index (χ2v) is 12.7. The lowest BCUT2D eigenvalue weighted by atomic mass is 9.98. The van der Waals surface area contributed by atoms with Gasteiger partial charge in [0.25, 0.3) is 0 Å². The van der Waals surface area contributed by atoms with E-state index in [9.17, 15) is 16.8 Å². The highest BCUT2D eigenvalue weighted by molar-refractivity contribution is 7.92. The van der Waals surface area contributed by atoms with E-state index in [4.69, 9.17) is 10.9 Å². The Morgan fingerprint density at radius 1 is 1.11 bits per heavy atom. The number of anilines is 1. The Kier molecular flexibility index (Phi) is 5.61. The molecule has 2 aromatic carbocycles. The summed E-state index contributed by atoms with van der Waals surface area (Å²) in [6.07, 6.45) is 0. The van der Waals surface area contributed by atoms with E-state index < -0.39 is 29.8 Å². The van der Waals surface area contributed by atoms with Crippen molar-refractivity contribution < 1.29 is 16.8 Å². The molecule has 16 heteroatoms. The Morgan fingerprint density at radius 2 is 1.86 bits per heavy atom. The van der Waals surface area contributed by atoms with Crippen molar-refractivity contribution in [2.75, 3.05) is 32.9 Å². The lowest BCUT2D eigenvalue weighted by molar-refractivity contribution is 0.134. The highest BCUT2D eigenvalue weighted by Crippen LogP contribution is 2.42. The van der Waals surface area contributed by atoms with E-state index in [-0.39, 0.29) is 30.5 Å². The SMILES string of the molecule is CN(C)C1CN(S(=O)(=O)c2ccc(-c3cccc4sc(N)nc34)c(-c3nnn[nH]3)c2S(N)(=O)=O)C1. The van der Waals surface area contributed by atoms with Crippen LogP contribution >= 0.6 is 11.3 Å². The minimum Gasteiger partial charge on any atom is -0.375 e. The van der Waals surface area contributed by atoms with Crippen LogP contribution < -0.4 is 10.9 Å². The van der Waals surface area contributed by atoms with E-state index >= 15 is 0 Å². The molecule has 0 atom stereocenters. The van der Waals surface area contributed by atoms with Crippen molar-refractivity contribution >= 4 is 46.7 Å². The predicted molar refractivity (Wildman–Crippen MR) is 130 cm³/mol. The molecule has 5 rings (SSSR count). The molecule has 1 fully saturated rings. The molecule has 1 saturated heterocycles. The fourth-order valence-corrected chi connectivity index (χ4v) is 7.89. The quantitative estimate of drug-likeness (QED) is 0.309. The summed E-state index contributed by atoms with van der Waals surface area (Å²) in [5.74, 6) is -0.0592. The molecule has 13 nitrogen and oxygen atoms in total. The maximum Gasteiger partial charge on any atom is 0.244 e. The number of primary sulfonamides is 1. The Balaban J connectivity index is 1.81. The molecular weight excluding hydrogens is 514 g/mol. The molecule has 184 valence electrons. The Labute approximate surface area is 204 Å². The smallest absolute Gasteiger partial charge is 0.244 e. The van der Waals surface area contributed by atoms with Crippen molar-refractivity contribution in [2.45, 2.75) is 15.8 Å². The largest absolute Gasteiger partial charge is 0.375 e. The zero-order valence-corrected chi connectivity index (χ0v) is 21.0. The van der Waals surface area contributed by atoms with Crippen LogP contribution in [0.5, 0.6) is 0 Å². The summed E-state index contributed by atoms with van der Waals surface area (Å²) in [6.45, 7) is 0.440. The van der Waals surface area contributed by atoms with Crippen molar-refractivity contribution in [3.05, 3.63) is 30.3 Å². The maximum absolute atomic E-state index is 13.5. The predicted octanol–water partition coefficient (Wildman–Crippen LogP) is 0.308. The normalized spacial score (nSPS) is 15.7. The van der Waals surface area contributed by atoms with Gasteiger partial charge in [-0.05, 0) is 42.2 Å². The van der Waals surface area contributed by atoms with Gasteiger partial charge in [0.05, 0.1) is 15.8 Å². The molecule has 5 N–H and O–H groups in total. The number of aromatic amines is 1. The summed E-state index contributed by atoms with van der Waals surface area (Å²) in [7, 11) is -5.08. The van der Waals surface area contributed by atoms with Gasteiger partial charge in [-0.15, -0.1) is 5.10 Å². The van der Waals surface area contributed by atoms with Crippen LogP contribution in [0.25, 0.3) is 32.7 Å². The number of thiazole rings is 1. The summed E-state index contributed by atoms with van der Waals surface area (Å²) < 4.78 is 54.9. The van der Waals surface area contributed by atoms with Crippen molar-refractivity contribution in [2.24, 2.45) is 5.14 Å². The number of H-pyrrole nitrogens is 1. The third-order valence-electron chi connectivity index (χ3n) is 5.89. The first kappa shape index (κ1) is 23.7. The van der Waals surface area contributed by atoms with Crippen LogP contribution in [0.15, 0.2) is 40.1 Å². The maximum atomic E-state index is 13.5. The number of hydrogen-bond acceptors (Lipinski definition) is 11. The summed E-state index contributed by atoms with van der Waals surface area (Å²) in [5.41, 5.74) is 7.21. The van der Waals surface area contributed by atoms with Gasteiger partial charge < -0.3 is 10.6 Å². The number of nitrogen functional groups attached to an aromatic ring is 1. The van der Waals surface area contributed by atoms with Crippen LogP contribution in [0, 0.1) is 0 Å². The monoisotopic (exact) mass is 535 g/mol. The van der Waals surface area contributed by atoms with Crippen LogP contribution in [-0.2, 0) is 20.0 Å². The second-order valence-electron chi connectivity index (χ2n) is 8.25. The van der Waals surface area contributed by atoms with Crippen molar-refractivity contribution in [3.8, 4) is 22.5 Å². The summed E-state index contributed by atoms with van der Waals surface area (Å²) >= 11 is 1.27. The topological polar surface area (TPSA) is 194 Å². The molecule has 1 aliphatic heterocycles. The summed E-state index contributed by atoms with van der Waals surface area (Å²) in [6, 6.07) is 8.09. The lowest BCUT2D eigenvalue weighted by Crippen LogP contribution is -2.59. The molecule has 0 spiro atoms. The van der Waals surface area contributed by atoms with E-state index in [2.05, 4.69) is 25.6 Å². The van der Waals surface area contributed by atoms with Crippen molar-refractivity contribution in [3.63, 3.8) is 0 Å². The molecule has 0 radical (unpaired) electrons. The van der Waals surface area contributed by atoms with E-state index in [0.717, 1.165) is 4.70 Å². The number of likely N-dealkylation sites (N-methyl/N-ethyl adjacent to an activating group) is 1. The zero-order valence-electron chi connectivity index (χ0n) is 18.6. The molecule has 4 aromatic rings. The van der Waals surface area contributed by atoms with Crippen LogP contribution in [0.4, 0.5) is 5.13 Å². The van der Waals surface area contributed by atoms with Crippen LogP contribution in [0.2, 0.25) is 0 Å². The number of fused-ring (bicyclic) bond motifs is 1. The Bertz CT molecular complexity index is 1640. The van der Waals surface area contributed by atoms with Gasteiger partial charge >= 0.3 is 0 Å². The fraction of sp³-hybridized carbons (Fsp3) is 0.263. The second kappa shape index (κ2) is 8.28. The number of benzene rings is 2. The highest BCUT2D eigenvalue weighted by Gasteiger charge is 2.41. The third-order valence-corrected chi connectivity index (χ3v) is 9.74. The highest BCUT2D eigenvalue weighted by atomic mass is 32.2. The number of tetrazole rings is 1. The van der Waals surface area contributed by atoms with Gasteiger partial charge in [-0.3, -0.25) is 0 Å². The van der Waals surface area contributed by atoms with E-state index in [1.807, 2.05) is 25.1 Å². The Hall–Kier alpha value is -3.02. The molecule has 2 aromatic heterocycles. The summed E-state index contributed by atoms with van der Waals surface area (Å²) in [5, 5.41) is 19.5. The number of para-hydroxylation sites is 1. The van der Waals surface area contributed by atoms with E-state index in [0.29, 0.717) is 21.8 Å². The first-order valence-electron chi connectivity index (χ1n) is 10.2. The standard InChI is InChI=1S/C19H21N9O4S3/c1-27(2)10-8-28(9-10)35(31,32)14-7-6-11(12-4-3-5-13-16(12)22-19(20)33-13)15(17(14)34(21,29)30)18-23-25-26-24-18/h3-7,10H,8-9H2,1-2H3,(H2,20,22)(H2,21,29,30)(H,23,24,25,26). The fourth-order valence-electron chi connectivity index (χ4n) is 4.04. The third kappa shape index (κ3) is 3.97. The van der Waals surface area contributed by atoms with Gasteiger partial charge in [-0.1, -0.05) is 29.5 Å². The van der Waals surface area contributed by atoms with Gasteiger partial charge in [0.1, 0.15) is 9.79 Å². The van der Waals surface area contributed by atoms with Gasteiger partial charge in [-0.2, -0.15) is 4.31 Å². The Morgan fingerprint density at radius 3 is 2.49 bits per heavy atom. The average Bonchev–Trinajstić information content (AvgIpc) is 3.39. The minimum atomic E-state index is -4.57. The molecule has 1 aliphatic rings. The average molecular weight is 536 g/mol. The molecule has 35 heavy (non-hydrogen) atoms. The van der Waals surface area contributed by atoms with E-state index in [1.54, 1.807) is 12.1 Å². The number of nitrogens with one attached hydrogen (secondary N) is 1. The number of rotatable bonds is 6. The number of sulfonamides is 2. The van der Waals surface area contributed by atoms with Crippen LogP contribution in [0.3, 0.4) is 0 Å².